The Balaban J connectivity index is 7.12. The fraction of sp³-hybridized carbons (Fsp3) is 1.00. The molecule has 0 amide bonds. The Hall–Kier alpha value is 1.58. The van der Waals surface area contributed by atoms with Gasteiger partial charge in [-0.3, -0.25) is 0 Å². The predicted molar refractivity (Wildman–Crippen MR) is 137 cm³/mol. The van der Waals surface area contributed by atoms with E-state index in [1.165, 1.54) is 0 Å². The summed E-state index contributed by atoms with van der Waals surface area (Å²) in [6.45, 7) is 23.6. The zero-order chi connectivity index (χ0) is 22.0. The summed E-state index contributed by atoms with van der Waals surface area (Å²) in [5.74, 6) is 0. The van der Waals surface area contributed by atoms with Crippen LogP contribution in [0.1, 0.15) is 0 Å². The van der Waals surface area contributed by atoms with E-state index in [1.54, 1.807) is 0 Å². The predicted octanol–water partition coefficient (Wildman–Crippen LogP) is 2.90. The fourth-order valence-electron chi connectivity index (χ4n) is 5.88. The molecule has 0 fully saturated rings. The van der Waals surface area contributed by atoms with Crippen LogP contribution in [0.2, 0.25) is 91.7 Å². The lowest BCUT2D eigenvalue weighted by molar-refractivity contribution is 0.507. The van der Waals surface area contributed by atoms with Crippen LogP contribution in [0.25, 0.3) is 0 Å². The minimum absolute atomic E-state index is 1.86. The molecule has 0 aliphatic rings. The maximum Gasteiger partial charge on any atom is 0.215 e. The molecule has 0 rings (SSSR count). The highest BCUT2D eigenvalue weighted by molar-refractivity contribution is 8.07. The molecule has 0 radical (unpaired) electrons. The largest absolute Gasteiger partial charge is 0.438 e. The van der Waals surface area contributed by atoms with Gasteiger partial charge in [0.05, 0.1) is 30.4 Å². The van der Waals surface area contributed by atoms with E-state index in [2.05, 4.69) is 78.6 Å². The monoisotopic (exact) mass is 502 g/mol. The van der Waals surface area contributed by atoms with E-state index < -0.39 is 58.8 Å². The minimum atomic E-state index is -3.42. The van der Waals surface area contributed by atoms with Crippen molar-refractivity contribution in [1.29, 1.82) is 0 Å². The van der Waals surface area contributed by atoms with Gasteiger partial charge in [0, 0.05) is 0 Å². The first-order valence-electron chi connectivity index (χ1n) is 9.64. The van der Waals surface area contributed by atoms with Crippen molar-refractivity contribution in [1.82, 2.24) is 0 Å². The van der Waals surface area contributed by atoms with Gasteiger partial charge in [0.2, 0.25) is 14.7 Å². The molecule has 26 heavy (non-hydrogen) atoms. The molecule has 0 aliphatic carbocycles. The van der Waals surface area contributed by atoms with E-state index >= 15 is 0 Å². The SMILES string of the molecule is C[Si](C)(C)[Si](O)([Si](C)(C)C)[Si](C)(O)[Si](C)(O)[Si](O)([Si](C)(C)C)[Si](C)(C)C. The first kappa shape index (κ1) is 27.6. The second-order valence-electron chi connectivity index (χ2n) is 12.6. The van der Waals surface area contributed by atoms with Crippen molar-refractivity contribution >= 4 is 58.8 Å². The smallest absolute Gasteiger partial charge is 0.215 e. The Kier molecular flexibility index (Phi) is 7.50. The topological polar surface area (TPSA) is 80.9 Å². The molecule has 2 unspecified atom stereocenters. The molecule has 12 heteroatoms. The zero-order valence-corrected chi connectivity index (χ0v) is 27.8. The number of hydrogen-bond donors (Lipinski definition) is 4. The molecule has 0 spiro atoms. The average Bonchev–Trinajstić information content (AvgIpc) is 2.30. The summed E-state index contributed by atoms with van der Waals surface area (Å²) in [5, 5.41) is 0. The van der Waals surface area contributed by atoms with Gasteiger partial charge >= 0.3 is 0 Å². The van der Waals surface area contributed by atoms with Gasteiger partial charge in [-0.15, -0.1) is 0 Å². The van der Waals surface area contributed by atoms with E-state index in [9.17, 15) is 19.2 Å². The van der Waals surface area contributed by atoms with Gasteiger partial charge in [0.25, 0.3) is 0 Å². The molecule has 0 saturated heterocycles. The van der Waals surface area contributed by atoms with Crippen molar-refractivity contribution in [3.05, 3.63) is 0 Å². The van der Waals surface area contributed by atoms with Gasteiger partial charge in [-0.1, -0.05) is 78.6 Å². The Bertz CT molecular complexity index is 447. The van der Waals surface area contributed by atoms with Gasteiger partial charge in [-0.05, 0) is 13.1 Å². The molecule has 0 heterocycles. The van der Waals surface area contributed by atoms with Gasteiger partial charge in [-0.25, -0.2) is 0 Å². The maximum atomic E-state index is 12.3. The van der Waals surface area contributed by atoms with Crippen LogP contribution in [0.5, 0.6) is 0 Å². The second kappa shape index (κ2) is 7.07. The molecular weight excluding hydrogens is 457 g/mol. The van der Waals surface area contributed by atoms with Crippen LogP contribution in [-0.4, -0.2) is 78.0 Å². The summed E-state index contributed by atoms with van der Waals surface area (Å²) in [7, 11) is -15.2. The molecule has 0 bridgehead atoms. The molecule has 4 nitrogen and oxygen atoms in total. The van der Waals surface area contributed by atoms with Gasteiger partial charge in [0.1, 0.15) is 0 Å². The first-order chi connectivity index (χ1) is 10.8. The highest BCUT2D eigenvalue weighted by Crippen LogP contribution is 2.43. The van der Waals surface area contributed by atoms with Crippen molar-refractivity contribution < 1.29 is 19.2 Å². The number of hydrogen-bond acceptors (Lipinski definition) is 4. The average molecular weight is 503 g/mol. The molecule has 0 aromatic carbocycles. The van der Waals surface area contributed by atoms with E-state index in [1.807, 2.05) is 13.1 Å². The molecule has 0 aromatic rings. The van der Waals surface area contributed by atoms with Gasteiger partial charge in [-0.2, -0.15) is 0 Å². The first-order valence-corrected chi connectivity index (χ1v) is 39.4. The summed E-state index contributed by atoms with van der Waals surface area (Å²) in [6, 6.07) is 0. The molecule has 158 valence electrons. The fourth-order valence-corrected chi connectivity index (χ4v) is 249. The van der Waals surface area contributed by atoms with Gasteiger partial charge < -0.3 is 19.2 Å². The van der Waals surface area contributed by atoms with Gasteiger partial charge in [0.15, 0.2) is 13.7 Å². The van der Waals surface area contributed by atoms with Crippen molar-refractivity contribution in [2.24, 2.45) is 0 Å². The highest BCUT2D eigenvalue weighted by Gasteiger charge is 2.80. The van der Waals surface area contributed by atoms with Crippen molar-refractivity contribution in [3.8, 4) is 0 Å². The van der Waals surface area contributed by atoms with Crippen molar-refractivity contribution in [2.75, 3.05) is 0 Å². The van der Waals surface area contributed by atoms with E-state index in [0.717, 1.165) is 0 Å². The molecular formula is C14H46O4Si8. The Morgan fingerprint density at radius 2 is 0.423 bits per heavy atom. The number of rotatable bonds is 7. The van der Waals surface area contributed by atoms with Crippen LogP contribution >= 0.6 is 0 Å². The Morgan fingerprint density at radius 3 is 0.500 bits per heavy atom. The van der Waals surface area contributed by atoms with E-state index in [4.69, 9.17) is 0 Å². The summed E-state index contributed by atoms with van der Waals surface area (Å²) in [4.78, 5) is 49.2. The molecule has 0 aromatic heterocycles. The van der Waals surface area contributed by atoms with E-state index in [-0.39, 0.29) is 0 Å². The molecule has 0 aliphatic heterocycles. The normalized spacial score (nSPS) is 20.5. The summed E-state index contributed by atoms with van der Waals surface area (Å²) >= 11 is 0. The summed E-state index contributed by atoms with van der Waals surface area (Å²) in [6.07, 6.45) is 0. The maximum absolute atomic E-state index is 12.3. The molecule has 0 saturated carbocycles. The summed E-state index contributed by atoms with van der Waals surface area (Å²) < 4.78 is 0. The lowest BCUT2D eigenvalue weighted by Gasteiger charge is -2.62. The van der Waals surface area contributed by atoms with Crippen molar-refractivity contribution in [2.45, 2.75) is 91.7 Å². The third kappa shape index (κ3) is 3.70. The van der Waals surface area contributed by atoms with Crippen LogP contribution < -0.4 is 0 Å². The second-order valence-corrected chi connectivity index (χ2v) is 92.4. The van der Waals surface area contributed by atoms with Crippen LogP contribution in [-0.2, 0) is 0 Å². The van der Waals surface area contributed by atoms with Crippen LogP contribution in [0.4, 0.5) is 0 Å². The highest BCUT2D eigenvalue weighted by atomic mass is 30.2. The molecule has 2 atom stereocenters. The standard InChI is InChI=1S/C14H46O4Si8/c1-19(2,3)25(17,20(4,5)6)23(13,15)24(14,16)26(18,21(7,8)9)22(10,11)12/h15-18H,1-14H3. The molecule has 4 N–H and O–H groups in total. The third-order valence-electron chi connectivity index (χ3n) is 6.70. The third-order valence-corrected chi connectivity index (χ3v) is 158. The quantitative estimate of drug-likeness (QED) is 0.403. The zero-order valence-electron chi connectivity index (χ0n) is 19.8. The minimum Gasteiger partial charge on any atom is -0.438 e. The lowest BCUT2D eigenvalue weighted by atomic mass is 11.8. The van der Waals surface area contributed by atoms with Crippen LogP contribution in [0, 0.1) is 0 Å². The van der Waals surface area contributed by atoms with Crippen LogP contribution in [0.15, 0.2) is 0 Å². The Morgan fingerprint density at radius 1 is 0.308 bits per heavy atom. The Labute approximate surface area is 169 Å². The lowest BCUT2D eigenvalue weighted by Crippen LogP contribution is -3.00. The van der Waals surface area contributed by atoms with Crippen LogP contribution in [0.3, 0.4) is 0 Å². The van der Waals surface area contributed by atoms with E-state index in [0.29, 0.717) is 0 Å². The van der Waals surface area contributed by atoms with Crippen molar-refractivity contribution in [3.63, 3.8) is 0 Å². The summed E-state index contributed by atoms with van der Waals surface area (Å²) in [5.41, 5.74) is 0.